The summed E-state index contributed by atoms with van der Waals surface area (Å²) in [6.45, 7) is 3.95. The number of nitrogens with one attached hydrogen (secondary N) is 3. The molecule has 1 amide bonds. The number of aliphatic imine (C=N–C) groups is 1. The van der Waals surface area contributed by atoms with Crippen molar-refractivity contribution >= 4 is 23.5 Å². The second-order valence-corrected chi connectivity index (χ2v) is 5.11. The Bertz CT molecular complexity index is 504. The Balaban J connectivity index is 1.71. The Hall–Kier alpha value is -1.95. The van der Waals surface area contributed by atoms with Gasteiger partial charge in [0.05, 0.1) is 13.1 Å². The molecule has 0 aliphatic carbocycles. The van der Waals surface area contributed by atoms with E-state index in [4.69, 9.17) is 16.3 Å². The summed E-state index contributed by atoms with van der Waals surface area (Å²) in [4.78, 5) is 15.1. The van der Waals surface area contributed by atoms with E-state index in [2.05, 4.69) is 20.9 Å². The van der Waals surface area contributed by atoms with Gasteiger partial charge in [-0.3, -0.25) is 4.79 Å². The molecule has 0 aromatic heterocycles. The molecule has 0 saturated carbocycles. The molecule has 3 N–H and O–H groups in total. The number of ether oxygens (including phenoxy) is 1. The van der Waals surface area contributed by atoms with E-state index < -0.39 is 0 Å². The van der Waals surface area contributed by atoms with E-state index in [0.717, 1.165) is 11.7 Å². The van der Waals surface area contributed by atoms with Crippen LogP contribution in [0.15, 0.2) is 29.3 Å². The SMILES string of the molecule is CC(=O)NCCNC1=NCC(Oc2ccc(Cl)cc2)CN1. The summed E-state index contributed by atoms with van der Waals surface area (Å²) in [7, 11) is 0. The lowest BCUT2D eigenvalue weighted by Crippen LogP contribution is -2.49. The summed E-state index contributed by atoms with van der Waals surface area (Å²) in [5.41, 5.74) is 0. The predicted octanol–water partition coefficient (Wildman–Crippen LogP) is 0.772. The number of halogens is 1. The first kappa shape index (κ1) is 15.4. The van der Waals surface area contributed by atoms with Crippen LogP contribution in [-0.2, 0) is 4.79 Å². The van der Waals surface area contributed by atoms with Gasteiger partial charge >= 0.3 is 0 Å². The highest BCUT2D eigenvalue weighted by Crippen LogP contribution is 2.17. The topological polar surface area (TPSA) is 74.8 Å². The second kappa shape index (κ2) is 7.73. The van der Waals surface area contributed by atoms with Gasteiger partial charge in [-0.05, 0) is 24.3 Å². The lowest BCUT2D eigenvalue weighted by atomic mass is 10.3. The van der Waals surface area contributed by atoms with Crippen molar-refractivity contribution in [1.82, 2.24) is 16.0 Å². The molecule has 0 radical (unpaired) electrons. The van der Waals surface area contributed by atoms with Gasteiger partial charge in [-0.1, -0.05) is 11.6 Å². The number of guanidine groups is 1. The van der Waals surface area contributed by atoms with E-state index in [-0.39, 0.29) is 12.0 Å². The van der Waals surface area contributed by atoms with Crippen molar-refractivity contribution in [2.24, 2.45) is 4.99 Å². The first-order valence-corrected chi connectivity index (χ1v) is 7.20. The van der Waals surface area contributed by atoms with E-state index >= 15 is 0 Å². The van der Waals surface area contributed by atoms with Crippen LogP contribution < -0.4 is 20.7 Å². The Morgan fingerprint density at radius 3 is 2.81 bits per heavy atom. The summed E-state index contributed by atoms with van der Waals surface area (Å²) < 4.78 is 5.80. The Labute approximate surface area is 128 Å². The highest BCUT2D eigenvalue weighted by molar-refractivity contribution is 6.30. The van der Waals surface area contributed by atoms with E-state index in [1.54, 1.807) is 12.1 Å². The summed E-state index contributed by atoms with van der Waals surface area (Å²) in [5.74, 6) is 1.48. The first-order valence-electron chi connectivity index (χ1n) is 6.82. The van der Waals surface area contributed by atoms with E-state index in [9.17, 15) is 4.79 Å². The van der Waals surface area contributed by atoms with Crippen LogP contribution in [-0.4, -0.2) is 44.1 Å². The molecule has 1 aliphatic heterocycles. The predicted molar refractivity (Wildman–Crippen MR) is 82.9 cm³/mol. The van der Waals surface area contributed by atoms with Crippen LogP contribution in [0.1, 0.15) is 6.92 Å². The lowest BCUT2D eigenvalue weighted by Gasteiger charge is -2.24. The van der Waals surface area contributed by atoms with Crippen molar-refractivity contribution in [1.29, 1.82) is 0 Å². The van der Waals surface area contributed by atoms with Crippen molar-refractivity contribution in [2.75, 3.05) is 26.2 Å². The molecule has 0 fully saturated rings. The quantitative estimate of drug-likeness (QED) is 0.702. The van der Waals surface area contributed by atoms with Gasteiger partial charge in [-0.25, -0.2) is 4.99 Å². The molecule has 0 spiro atoms. The van der Waals surface area contributed by atoms with Crippen LogP contribution in [0.3, 0.4) is 0 Å². The van der Waals surface area contributed by atoms with Crippen LogP contribution in [0.25, 0.3) is 0 Å². The molecule has 0 bridgehead atoms. The fourth-order valence-electron chi connectivity index (χ4n) is 1.85. The first-order chi connectivity index (χ1) is 10.1. The molecule has 114 valence electrons. The summed E-state index contributed by atoms with van der Waals surface area (Å²) in [6, 6.07) is 7.28. The molecule has 1 atom stereocenters. The van der Waals surface area contributed by atoms with E-state index in [1.807, 2.05) is 12.1 Å². The average Bonchev–Trinajstić information content (AvgIpc) is 2.47. The molecule has 1 aliphatic rings. The maximum Gasteiger partial charge on any atom is 0.216 e. The Morgan fingerprint density at radius 1 is 1.43 bits per heavy atom. The van der Waals surface area contributed by atoms with Crippen molar-refractivity contribution in [3.63, 3.8) is 0 Å². The molecule has 1 heterocycles. The molecular weight excluding hydrogens is 292 g/mol. The van der Waals surface area contributed by atoms with Gasteiger partial charge in [0.1, 0.15) is 11.9 Å². The van der Waals surface area contributed by atoms with Gasteiger partial charge in [0, 0.05) is 25.0 Å². The van der Waals surface area contributed by atoms with Crippen LogP contribution in [0.2, 0.25) is 5.02 Å². The number of nitrogens with zero attached hydrogens (tertiary/aromatic N) is 1. The van der Waals surface area contributed by atoms with E-state index in [0.29, 0.717) is 31.2 Å². The third-order valence-electron chi connectivity index (χ3n) is 2.86. The van der Waals surface area contributed by atoms with Crippen LogP contribution in [0, 0.1) is 0 Å². The zero-order chi connectivity index (χ0) is 15.1. The summed E-state index contributed by atoms with van der Waals surface area (Å²) in [6.07, 6.45) is -0.00734. The van der Waals surface area contributed by atoms with Crippen molar-refractivity contribution in [3.05, 3.63) is 29.3 Å². The van der Waals surface area contributed by atoms with Crippen molar-refractivity contribution in [2.45, 2.75) is 13.0 Å². The van der Waals surface area contributed by atoms with Gasteiger partial charge in [-0.15, -0.1) is 0 Å². The molecule has 2 rings (SSSR count). The zero-order valence-corrected chi connectivity index (χ0v) is 12.6. The highest BCUT2D eigenvalue weighted by atomic mass is 35.5. The number of hydrogen-bond acceptors (Lipinski definition) is 5. The van der Waals surface area contributed by atoms with Gasteiger partial charge in [0.2, 0.25) is 5.91 Å². The Kier molecular flexibility index (Phi) is 5.68. The number of amides is 1. The highest BCUT2D eigenvalue weighted by Gasteiger charge is 2.16. The minimum absolute atomic E-state index is 0.00734. The molecule has 1 aromatic carbocycles. The fourth-order valence-corrected chi connectivity index (χ4v) is 1.97. The third kappa shape index (κ3) is 5.51. The fraction of sp³-hybridized carbons (Fsp3) is 0.429. The minimum Gasteiger partial charge on any atom is -0.487 e. The summed E-state index contributed by atoms with van der Waals surface area (Å²) >= 11 is 5.83. The monoisotopic (exact) mass is 310 g/mol. The van der Waals surface area contributed by atoms with Crippen LogP contribution in [0.4, 0.5) is 0 Å². The maximum absolute atomic E-state index is 10.7. The second-order valence-electron chi connectivity index (χ2n) is 4.67. The third-order valence-corrected chi connectivity index (χ3v) is 3.11. The molecule has 0 saturated heterocycles. The normalized spacial score (nSPS) is 17.4. The van der Waals surface area contributed by atoms with Crippen molar-refractivity contribution < 1.29 is 9.53 Å². The molecular formula is C14H19ClN4O2. The molecule has 7 heteroatoms. The minimum atomic E-state index is -0.0354. The molecule has 6 nitrogen and oxygen atoms in total. The maximum atomic E-state index is 10.7. The number of rotatable bonds is 5. The van der Waals surface area contributed by atoms with Crippen LogP contribution >= 0.6 is 11.6 Å². The van der Waals surface area contributed by atoms with E-state index in [1.165, 1.54) is 6.92 Å². The number of carbonyl (C=O) groups is 1. The summed E-state index contributed by atoms with van der Waals surface area (Å²) in [5, 5.41) is 9.68. The van der Waals surface area contributed by atoms with Gasteiger partial charge < -0.3 is 20.7 Å². The Morgan fingerprint density at radius 2 is 2.19 bits per heavy atom. The van der Waals surface area contributed by atoms with Crippen LogP contribution in [0.5, 0.6) is 5.75 Å². The number of hydrogen-bond donors (Lipinski definition) is 3. The van der Waals surface area contributed by atoms with Crippen molar-refractivity contribution in [3.8, 4) is 5.75 Å². The number of benzene rings is 1. The molecule has 1 aromatic rings. The standard InChI is InChI=1S/C14H19ClN4O2/c1-10(20)16-6-7-17-14-18-8-13(9-19-14)21-12-4-2-11(15)3-5-12/h2-5,13H,6-9H2,1H3,(H,16,20)(H2,17,18,19). The van der Waals surface area contributed by atoms with Gasteiger partial charge in [0.25, 0.3) is 0 Å². The average molecular weight is 311 g/mol. The largest absolute Gasteiger partial charge is 0.487 e. The lowest BCUT2D eigenvalue weighted by molar-refractivity contribution is -0.118. The van der Waals surface area contributed by atoms with Gasteiger partial charge in [0.15, 0.2) is 5.96 Å². The number of carbonyl (C=O) groups excluding carboxylic acids is 1. The zero-order valence-electron chi connectivity index (χ0n) is 11.9. The smallest absolute Gasteiger partial charge is 0.216 e. The van der Waals surface area contributed by atoms with Gasteiger partial charge in [-0.2, -0.15) is 0 Å². The molecule has 1 unspecified atom stereocenters. The molecule has 21 heavy (non-hydrogen) atoms.